The van der Waals surface area contributed by atoms with E-state index in [1.807, 2.05) is 13.1 Å². The molecule has 0 aromatic heterocycles. The first-order valence-electron chi connectivity index (χ1n) is 9.56. The monoisotopic (exact) mass is 369 g/mol. The van der Waals surface area contributed by atoms with Crippen molar-refractivity contribution in [3.8, 4) is 0 Å². The van der Waals surface area contributed by atoms with E-state index in [-0.39, 0.29) is 18.7 Å². The Morgan fingerprint density at radius 2 is 1.74 bits per heavy atom. The highest BCUT2D eigenvalue weighted by Gasteiger charge is 2.46. The number of piperidine rings is 1. The number of carbonyl (C=O) groups excluding carboxylic acids is 4. The van der Waals surface area contributed by atoms with Crippen molar-refractivity contribution in [3.63, 3.8) is 0 Å². The van der Waals surface area contributed by atoms with Crippen LogP contribution in [0.2, 0.25) is 0 Å². The van der Waals surface area contributed by atoms with Crippen molar-refractivity contribution < 1.29 is 19.2 Å². The summed E-state index contributed by atoms with van der Waals surface area (Å²) in [6.07, 6.45) is 6.00. The first-order valence-corrected chi connectivity index (χ1v) is 9.56. The van der Waals surface area contributed by atoms with Crippen LogP contribution in [0.25, 0.3) is 0 Å². The number of rotatable bonds is 3. The van der Waals surface area contributed by atoms with Gasteiger partial charge in [0.2, 0.25) is 11.8 Å². The van der Waals surface area contributed by atoms with E-state index in [1.54, 1.807) is 12.1 Å². The Kier molecular flexibility index (Phi) is 4.45. The molecule has 2 aliphatic heterocycles. The molecule has 7 nitrogen and oxygen atoms in total. The molecule has 0 spiro atoms. The number of imide groups is 2. The maximum atomic E-state index is 13.2. The van der Waals surface area contributed by atoms with Crippen molar-refractivity contribution in [1.29, 1.82) is 0 Å². The highest BCUT2D eigenvalue weighted by atomic mass is 16.2. The van der Waals surface area contributed by atoms with E-state index in [4.69, 9.17) is 0 Å². The molecule has 4 amide bonds. The largest absolute Gasteiger partial charge is 0.371 e. The van der Waals surface area contributed by atoms with Gasteiger partial charge >= 0.3 is 0 Å². The van der Waals surface area contributed by atoms with Crippen LogP contribution in [-0.4, -0.2) is 47.7 Å². The number of nitrogens with zero attached hydrogens (tertiary/aromatic N) is 2. The number of hydrogen-bond donors (Lipinski definition) is 1. The van der Waals surface area contributed by atoms with E-state index in [2.05, 4.69) is 10.2 Å². The number of carbonyl (C=O) groups is 4. The molecule has 1 aromatic carbocycles. The number of hydrogen-bond acceptors (Lipinski definition) is 5. The summed E-state index contributed by atoms with van der Waals surface area (Å²) in [5.74, 6) is -1.85. The van der Waals surface area contributed by atoms with Gasteiger partial charge in [-0.05, 0) is 31.4 Å². The number of nitrogens with one attached hydrogen (secondary N) is 1. The molecule has 0 bridgehead atoms. The highest BCUT2D eigenvalue weighted by Crippen LogP contribution is 2.36. The number of benzene rings is 1. The van der Waals surface area contributed by atoms with Crippen molar-refractivity contribution in [2.75, 3.05) is 11.9 Å². The van der Waals surface area contributed by atoms with Gasteiger partial charge in [-0.25, -0.2) is 0 Å². The van der Waals surface area contributed by atoms with E-state index in [1.165, 1.54) is 19.3 Å². The highest BCUT2D eigenvalue weighted by molar-refractivity contribution is 6.25. The van der Waals surface area contributed by atoms with Crippen LogP contribution in [0, 0.1) is 0 Å². The SMILES string of the molecule is CN(c1cccc2c1C(=O)N(C1CCC(=O)NC1=O)C2=O)C1CCCCC1. The van der Waals surface area contributed by atoms with Gasteiger partial charge in [0.1, 0.15) is 6.04 Å². The van der Waals surface area contributed by atoms with Crippen molar-refractivity contribution in [3.05, 3.63) is 29.3 Å². The quantitative estimate of drug-likeness (QED) is 0.822. The molecular weight excluding hydrogens is 346 g/mol. The Morgan fingerprint density at radius 1 is 1.00 bits per heavy atom. The van der Waals surface area contributed by atoms with Crippen LogP contribution in [0.1, 0.15) is 65.7 Å². The van der Waals surface area contributed by atoms with Gasteiger partial charge in [0, 0.05) is 19.5 Å². The van der Waals surface area contributed by atoms with E-state index in [0.29, 0.717) is 17.2 Å². The predicted octanol–water partition coefficient (Wildman–Crippen LogP) is 1.86. The molecule has 1 aromatic rings. The first-order chi connectivity index (χ1) is 13.0. The van der Waals surface area contributed by atoms with Crippen molar-refractivity contribution in [2.45, 2.75) is 57.0 Å². The zero-order valence-electron chi connectivity index (χ0n) is 15.4. The fraction of sp³-hybridized carbons (Fsp3) is 0.500. The summed E-state index contributed by atoms with van der Waals surface area (Å²) in [6.45, 7) is 0. The summed E-state index contributed by atoms with van der Waals surface area (Å²) in [5.41, 5.74) is 1.46. The van der Waals surface area contributed by atoms with Crippen LogP contribution in [0.5, 0.6) is 0 Å². The van der Waals surface area contributed by atoms with Gasteiger partial charge in [-0.2, -0.15) is 0 Å². The minimum Gasteiger partial charge on any atom is -0.371 e. The van der Waals surface area contributed by atoms with Crippen LogP contribution in [0.4, 0.5) is 5.69 Å². The lowest BCUT2D eigenvalue weighted by atomic mass is 9.93. The first kappa shape index (κ1) is 17.7. The van der Waals surface area contributed by atoms with Crippen molar-refractivity contribution >= 4 is 29.3 Å². The predicted molar refractivity (Wildman–Crippen MR) is 98.4 cm³/mol. The molecule has 1 saturated carbocycles. The topological polar surface area (TPSA) is 86.8 Å². The van der Waals surface area contributed by atoms with Crippen LogP contribution >= 0.6 is 0 Å². The maximum absolute atomic E-state index is 13.2. The minimum absolute atomic E-state index is 0.124. The van der Waals surface area contributed by atoms with Gasteiger partial charge in [-0.15, -0.1) is 0 Å². The third-order valence-electron chi connectivity index (χ3n) is 5.95. The second-order valence-electron chi connectivity index (χ2n) is 7.55. The lowest BCUT2D eigenvalue weighted by Gasteiger charge is -2.34. The minimum atomic E-state index is -0.928. The molecule has 2 heterocycles. The third-order valence-corrected chi connectivity index (χ3v) is 5.95. The normalized spacial score (nSPS) is 23.4. The average molecular weight is 369 g/mol. The Morgan fingerprint density at radius 3 is 2.44 bits per heavy atom. The molecule has 1 N–H and O–H groups in total. The van der Waals surface area contributed by atoms with E-state index >= 15 is 0 Å². The second kappa shape index (κ2) is 6.79. The van der Waals surface area contributed by atoms with Crippen molar-refractivity contribution in [1.82, 2.24) is 10.2 Å². The fourth-order valence-corrected chi connectivity index (χ4v) is 4.46. The molecule has 27 heavy (non-hydrogen) atoms. The summed E-state index contributed by atoms with van der Waals surface area (Å²) >= 11 is 0. The van der Waals surface area contributed by atoms with Gasteiger partial charge in [-0.1, -0.05) is 25.3 Å². The summed E-state index contributed by atoms with van der Waals surface area (Å²) in [5, 5.41) is 2.23. The summed E-state index contributed by atoms with van der Waals surface area (Å²) < 4.78 is 0. The van der Waals surface area contributed by atoms with Crippen LogP contribution in [0.15, 0.2) is 18.2 Å². The average Bonchev–Trinajstić information content (AvgIpc) is 2.93. The standard InChI is InChI=1S/C20H23N3O4/c1-22(12-6-3-2-4-7-12)14-9-5-8-13-17(14)20(27)23(19(13)26)15-10-11-16(24)21-18(15)25/h5,8-9,12,15H,2-4,6-7,10-11H2,1H3,(H,21,24,25). The van der Waals surface area contributed by atoms with Gasteiger partial charge in [0.05, 0.1) is 16.8 Å². The molecule has 7 heteroatoms. The third kappa shape index (κ3) is 2.91. The van der Waals surface area contributed by atoms with E-state index < -0.39 is 23.8 Å². The molecule has 1 atom stereocenters. The van der Waals surface area contributed by atoms with Crippen LogP contribution in [-0.2, 0) is 9.59 Å². The number of amides is 4. The summed E-state index contributed by atoms with van der Waals surface area (Å²) in [4.78, 5) is 52.8. The molecule has 4 rings (SSSR count). The fourth-order valence-electron chi connectivity index (χ4n) is 4.46. The lowest BCUT2D eigenvalue weighted by Crippen LogP contribution is -2.54. The molecule has 1 aliphatic carbocycles. The Balaban J connectivity index is 1.67. The van der Waals surface area contributed by atoms with Crippen LogP contribution in [0.3, 0.4) is 0 Å². The molecule has 3 aliphatic rings. The molecular formula is C20H23N3O4. The number of fused-ring (bicyclic) bond motifs is 1. The van der Waals surface area contributed by atoms with E-state index in [9.17, 15) is 19.2 Å². The van der Waals surface area contributed by atoms with Gasteiger partial charge in [0.15, 0.2) is 0 Å². The zero-order valence-corrected chi connectivity index (χ0v) is 15.4. The van der Waals surface area contributed by atoms with Crippen molar-refractivity contribution in [2.24, 2.45) is 0 Å². The van der Waals surface area contributed by atoms with Gasteiger partial charge in [-0.3, -0.25) is 29.4 Å². The molecule has 0 radical (unpaired) electrons. The zero-order chi connectivity index (χ0) is 19.1. The molecule has 142 valence electrons. The van der Waals surface area contributed by atoms with E-state index in [0.717, 1.165) is 23.4 Å². The van der Waals surface area contributed by atoms with Crippen LogP contribution < -0.4 is 10.2 Å². The maximum Gasteiger partial charge on any atom is 0.264 e. The molecule has 1 unspecified atom stereocenters. The smallest absolute Gasteiger partial charge is 0.264 e. The molecule has 2 fully saturated rings. The Labute approximate surface area is 157 Å². The lowest BCUT2D eigenvalue weighted by molar-refractivity contribution is -0.136. The summed E-state index contributed by atoms with van der Waals surface area (Å²) in [7, 11) is 1.97. The number of anilines is 1. The Bertz CT molecular complexity index is 829. The second-order valence-corrected chi connectivity index (χ2v) is 7.55. The molecule has 1 saturated heterocycles. The van der Waals surface area contributed by atoms with Gasteiger partial charge in [0.25, 0.3) is 11.8 Å². The summed E-state index contributed by atoms with van der Waals surface area (Å²) in [6, 6.07) is 4.71. The van der Waals surface area contributed by atoms with Gasteiger partial charge < -0.3 is 4.90 Å². The Hall–Kier alpha value is -2.70.